The van der Waals surface area contributed by atoms with E-state index in [2.05, 4.69) is 35.7 Å². The van der Waals surface area contributed by atoms with Gasteiger partial charge in [0, 0.05) is 19.9 Å². The fourth-order valence-corrected chi connectivity index (χ4v) is 3.08. The van der Waals surface area contributed by atoms with Crippen molar-refractivity contribution in [3.8, 4) is 0 Å². The van der Waals surface area contributed by atoms with Gasteiger partial charge in [0.1, 0.15) is 6.54 Å². The van der Waals surface area contributed by atoms with Gasteiger partial charge < -0.3 is 15.4 Å². The van der Waals surface area contributed by atoms with Crippen LogP contribution in [0, 0.1) is 17.3 Å². The number of hydrogen-bond donors (Lipinski definition) is 2. The minimum absolute atomic E-state index is 0.00315. The molecule has 1 fully saturated rings. The maximum Gasteiger partial charge on any atom is 0.241 e. The zero-order valence-electron chi connectivity index (χ0n) is 15.6. The molecular weight excluding hydrogens is 320 g/mol. The number of rotatable bonds is 8. The van der Waals surface area contributed by atoms with Gasteiger partial charge in [-0.1, -0.05) is 25.5 Å². The number of ether oxygens (including phenoxy) is 1. The summed E-state index contributed by atoms with van der Waals surface area (Å²) in [5.41, 5.74) is 1.80. The quantitative estimate of drug-likeness (QED) is 0.554. The molecule has 7 heteroatoms. The summed E-state index contributed by atoms with van der Waals surface area (Å²) in [6.45, 7) is 9.34. The summed E-state index contributed by atoms with van der Waals surface area (Å²) in [7, 11) is 1.58. The lowest BCUT2D eigenvalue weighted by Gasteiger charge is -2.05. The summed E-state index contributed by atoms with van der Waals surface area (Å²) in [5, 5.41) is 9.75. The molecule has 25 heavy (non-hydrogen) atoms. The highest BCUT2D eigenvalue weighted by atomic mass is 16.5. The van der Waals surface area contributed by atoms with Crippen molar-refractivity contribution in [3.63, 3.8) is 0 Å². The Morgan fingerprint density at radius 2 is 2.12 bits per heavy atom. The van der Waals surface area contributed by atoms with Crippen molar-refractivity contribution in [2.75, 3.05) is 25.6 Å². The second kappa shape index (κ2) is 7.82. The van der Waals surface area contributed by atoms with E-state index in [1.807, 2.05) is 13.8 Å². The normalized spacial score (nSPS) is 20.7. The molecule has 2 N–H and O–H groups in total. The smallest absolute Gasteiger partial charge is 0.241 e. The topological polar surface area (TPSA) is 85.2 Å². The Balaban J connectivity index is 1.88. The van der Waals surface area contributed by atoms with Gasteiger partial charge in [-0.2, -0.15) is 5.10 Å². The molecule has 1 saturated carbocycles. The zero-order valence-corrected chi connectivity index (χ0v) is 15.6. The van der Waals surface area contributed by atoms with Gasteiger partial charge in [0.2, 0.25) is 11.8 Å². The Kier molecular flexibility index (Phi) is 6.00. The van der Waals surface area contributed by atoms with E-state index < -0.39 is 0 Å². The van der Waals surface area contributed by atoms with Crippen molar-refractivity contribution in [2.45, 2.75) is 34.2 Å². The van der Waals surface area contributed by atoms with Gasteiger partial charge in [0.25, 0.3) is 0 Å². The molecule has 2 atom stereocenters. The Labute approximate surface area is 148 Å². The maximum absolute atomic E-state index is 12.5. The Hall–Kier alpha value is -2.15. The van der Waals surface area contributed by atoms with Crippen LogP contribution in [0.5, 0.6) is 0 Å². The summed E-state index contributed by atoms with van der Waals surface area (Å²) < 4.78 is 6.38. The van der Waals surface area contributed by atoms with E-state index in [9.17, 15) is 9.59 Å². The predicted molar refractivity (Wildman–Crippen MR) is 95.9 cm³/mol. The predicted octanol–water partition coefficient (Wildman–Crippen LogP) is 1.82. The average molecular weight is 348 g/mol. The molecule has 1 aliphatic rings. The first-order chi connectivity index (χ1) is 11.8. The van der Waals surface area contributed by atoms with Crippen LogP contribution in [0.4, 0.5) is 5.69 Å². The largest absolute Gasteiger partial charge is 0.383 e. The van der Waals surface area contributed by atoms with Crippen LogP contribution in [0.25, 0.3) is 0 Å². The average Bonchev–Trinajstić information content (AvgIpc) is 2.82. The van der Waals surface area contributed by atoms with Gasteiger partial charge in [-0.25, -0.2) is 0 Å². The van der Waals surface area contributed by atoms with Crippen LogP contribution >= 0.6 is 0 Å². The van der Waals surface area contributed by atoms with Gasteiger partial charge in [0.15, 0.2) is 0 Å². The van der Waals surface area contributed by atoms with E-state index in [0.717, 1.165) is 0 Å². The number of aromatic nitrogens is 2. The van der Waals surface area contributed by atoms with Gasteiger partial charge in [-0.15, -0.1) is 0 Å². The number of carbonyl (C=O) groups is 2. The lowest BCUT2D eigenvalue weighted by Crippen LogP contribution is -2.30. The summed E-state index contributed by atoms with van der Waals surface area (Å²) >= 11 is 0. The number of allylic oxidation sites excluding steroid dienone is 2. The first-order valence-electron chi connectivity index (χ1n) is 8.49. The molecule has 2 rings (SSSR count). The fourth-order valence-electron chi connectivity index (χ4n) is 3.08. The number of nitrogens with zero attached hydrogens (tertiary/aromatic N) is 2. The number of methoxy groups -OCH3 is 1. The third-order valence-electron chi connectivity index (χ3n) is 4.54. The second-order valence-electron chi connectivity index (χ2n) is 7.33. The van der Waals surface area contributed by atoms with Crippen LogP contribution in [0.15, 0.2) is 24.0 Å². The molecule has 0 radical (unpaired) electrons. The number of nitrogens with one attached hydrogen (secondary N) is 2. The minimum Gasteiger partial charge on any atom is -0.383 e. The van der Waals surface area contributed by atoms with Crippen molar-refractivity contribution < 1.29 is 14.3 Å². The van der Waals surface area contributed by atoms with E-state index in [1.54, 1.807) is 19.5 Å². The number of anilines is 1. The van der Waals surface area contributed by atoms with Crippen molar-refractivity contribution in [1.29, 1.82) is 0 Å². The summed E-state index contributed by atoms with van der Waals surface area (Å²) in [4.78, 5) is 24.3. The van der Waals surface area contributed by atoms with Gasteiger partial charge >= 0.3 is 0 Å². The SMILES string of the molecule is COCCNC(=O)Cn1cc(NC(=O)[C@H]2[C@@H](C=C(C)C)C2(C)C)cn1. The van der Waals surface area contributed by atoms with Crippen LogP contribution in [0.1, 0.15) is 27.7 Å². The highest BCUT2D eigenvalue weighted by Gasteiger charge is 2.60. The highest BCUT2D eigenvalue weighted by Crippen LogP contribution is 2.59. The Bertz CT molecular complexity index is 659. The monoisotopic (exact) mass is 348 g/mol. The third-order valence-corrected chi connectivity index (χ3v) is 4.54. The van der Waals surface area contributed by atoms with E-state index in [1.165, 1.54) is 10.3 Å². The van der Waals surface area contributed by atoms with Crippen molar-refractivity contribution in [3.05, 3.63) is 24.0 Å². The molecule has 0 unspecified atom stereocenters. The van der Waals surface area contributed by atoms with Crippen LogP contribution in [0.2, 0.25) is 0 Å². The van der Waals surface area contributed by atoms with E-state index in [4.69, 9.17) is 4.74 Å². The first kappa shape index (κ1) is 19.2. The van der Waals surface area contributed by atoms with Crippen LogP contribution in [0.3, 0.4) is 0 Å². The number of carbonyl (C=O) groups excluding carboxylic acids is 2. The maximum atomic E-state index is 12.5. The van der Waals surface area contributed by atoms with Crippen molar-refractivity contribution in [2.24, 2.45) is 17.3 Å². The van der Waals surface area contributed by atoms with E-state index in [0.29, 0.717) is 18.8 Å². The molecule has 1 heterocycles. The van der Waals surface area contributed by atoms with Gasteiger partial charge in [-0.05, 0) is 25.2 Å². The van der Waals surface area contributed by atoms with Crippen LogP contribution in [-0.4, -0.2) is 41.9 Å². The Morgan fingerprint density at radius 1 is 1.40 bits per heavy atom. The molecule has 1 aliphatic carbocycles. The summed E-state index contributed by atoms with van der Waals surface area (Å²) in [6.07, 6.45) is 5.39. The zero-order chi connectivity index (χ0) is 18.6. The minimum atomic E-state index is -0.148. The molecule has 0 bridgehead atoms. The molecule has 2 amide bonds. The van der Waals surface area contributed by atoms with Crippen LogP contribution < -0.4 is 10.6 Å². The van der Waals surface area contributed by atoms with Crippen molar-refractivity contribution >= 4 is 17.5 Å². The molecule has 7 nitrogen and oxygen atoms in total. The highest BCUT2D eigenvalue weighted by molar-refractivity contribution is 5.95. The lowest BCUT2D eigenvalue weighted by molar-refractivity contribution is -0.122. The number of amides is 2. The molecule has 0 spiro atoms. The van der Waals surface area contributed by atoms with Gasteiger partial charge in [0.05, 0.1) is 24.4 Å². The third kappa shape index (κ3) is 4.92. The van der Waals surface area contributed by atoms with Crippen LogP contribution in [-0.2, 0) is 20.9 Å². The molecule has 1 aromatic heterocycles. The molecule has 138 valence electrons. The fraction of sp³-hybridized carbons (Fsp3) is 0.611. The lowest BCUT2D eigenvalue weighted by atomic mass is 10.1. The van der Waals surface area contributed by atoms with Gasteiger partial charge in [-0.3, -0.25) is 14.3 Å². The first-order valence-corrected chi connectivity index (χ1v) is 8.49. The number of hydrogen-bond acceptors (Lipinski definition) is 4. The van der Waals surface area contributed by atoms with Crippen molar-refractivity contribution in [1.82, 2.24) is 15.1 Å². The molecule has 0 aromatic carbocycles. The molecular formula is C18H28N4O3. The molecule has 1 aromatic rings. The summed E-state index contributed by atoms with van der Waals surface area (Å²) in [5.74, 6) is 0.0729. The summed E-state index contributed by atoms with van der Waals surface area (Å²) in [6, 6.07) is 0. The molecule has 0 aliphatic heterocycles. The second-order valence-corrected chi connectivity index (χ2v) is 7.33. The standard InChI is InChI=1S/C18H28N4O3/c1-12(2)8-14-16(18(14,3)4)17(24)21-13-9-20-22(10-13)11-15(23)19-6-7-25-5/h8-10,14,16H,6-7,11H2,1-5H3,(H,19,23)(H,21,24)/t14-,16-/m1/s1. The van der Waals surface area contributed by atoms with E-state index in [-0.39, 0.29) is 35.6 Å². The molecule has 0 saturated heterocycles. The van der Waals surface area contributed by atoms with E-state index >= 15 is 0 Å². The Morgan fingerprint density at radius 3 is 2.76 bits per heavy atom.